The summed E-state index contributed by atoms with van der Waals surface area (Å²) < 4.78 is 9.65. The number of aromatic hydroxyl groups is 1. The van der Waals surface area contributed by atoms with E-state index in [0.717, 1.165) is 5.56 Å². The van der Waals surface area contributed by atoms with E-state index in [1.165, 1.54) is 24.3 Å². The van der Waals surface area contributed by atoms with Gasteiger partial charge in [-0.25, -0.2) is 4.79 Å². The van der Waals surface area contributed by atoms with Gasteiger partial charge in [0.15, 0.2) is 0 Å². The molecule has 0 heterocycles. The lowest BCUT2D eigenvalue weighted by molar-refractivity contribution is 0.0950. The van der Waals surface area contributed by atoms with E-state index in [9.17, 15) is 19.5 Å². The molecule has 0 bridgehead atoms. The third-order valence-corrected chi connectivity index (χ3v) is 4.35. The maximum atomic E-state index is 12.3. The van der Waals surface area contributed by atoms with Gasteiger partial charge in [-0.15, -0.1) is 0 Å². The molecule has 3 N–H and O–H groups in total. The summed E-state index contributed by atoms with van der Waals surface area (Å²) in [5, 5.41) is 15.0. The molecule has 0 saturated carbocycles. The van der Waals surface area contributed by atoms with Crippen LogP contribution in [0.25, 0.3) is 0 Å². The smallest absolute Gasteiger partial charge is 0.508 e. The highest BCUT2D eigenvalue weighted by atomic mass is 16.7. The van der Waals surface area contributed by atoms with E-state index in [1.807, 2.05) is 0 Å². The molecule has 0 aliphatic carbocycles. The summed E-state index contributed by atoms with van der Waals surface area (Å²) in [6.45, 7) is 2.18. The van der Waals surface area contributed by atoms with Crippen LogP contribution in [0.1, 0.15) is 33.2 Å². The predicted molar refractivity (Wildman–Crippen MR) is 118 cm³/mol. The summed E-state index contributed by atoms with van der Waals surface area (Å²) in [7, 11) is 0. The van der Waals surface area contributed by atoms with Gasteiger partial charge in [0.2, 0.25) is 0 Å². The normalized spacial score (nSPS) is 10.2. The molecule has 0 aromatic heterocycles. The molecule has 0 aliphatic rings. The first-order valence-corrected chi connectivity index (χ1v) is 9.87. The first-order valence-electron chi connectivity index (χ1n) is 9.87. The van der Waals surface area contributed by atoms with Gasteiger partial charge in [-0.1, -0.05) is 18.2 Å². The highest BCUT2D eigenvalue weighted by molar-refractivity contribution is 6.04. The molecule has 8 nitrogen and oxygen atoms in total. The Morgan fingerprint density at radius 3 is 2.25 bits per heavy atom. The van der Waals surface area contributed by atoms with Crippen LogP contribution in [0.15, 0.2) is 72.8 Å². The molecule has 3 aromatic rings. The van der Waals surface area contributed by atoms with Crippen molar-refractivity contribution in [3.63, 3.8) is 0 Å². The van der Waals surface area contributed by atoms with Crippen LogP contribution in [0.5, 0.6) is 11.5 Å². The molecule has 0 saturated heterocycles. The van der Waals surface area contributed by atoms with E-state index in [1.54, 1.807) is 55.5 Å². The standard InChI is InChI=1S/C24H22N2O6/c1-2-31-24(30)32-21-12-8-17(9-13-21)22(28)25-15-16-6-10-19(11-7-16)26-23(29)18-4-3-5-20(27)14-18/h3-14,27H,2,15H2,1H3,(H,25,28)(H,26,29). The van der Waals surface area contributed by atoms with Crippen LogP contribution in [0.4, 0.5) is 10.5 Å². The fourth-order valence-corrected chi connectivity index (χ4v) is 2.76. The van der Waals surface area contributed by atoms with Gasteiger partial charge in [-0.05, 0) is 67.1 Å². The third-order valence-electron chi connectivity index (χ3n) is 4.35. The van der Waals surface area contributed by atoms with E-state index in [2.05, 4.69) is 10.6 Å². The molecule has 0 radical (unpaired) electrons. The van der Waals surface area contributed by atoms with Crippen molar-refractivity contribution in [2.24, 2.45) is 0 Å². The lowest BCUT2D eigenvalue weighted by atomic mass is 10.1. The van der Waals surface area contributed by atoms with Crippen LogP contribution in [-0.4, -0.2) is 29.7 Å². The van der Waals surface area contributed by atoms with Gasteiger partial charge in [0.25, 0.3) is 11.8 Å². The Morgan fingerprint density at radius 2 is 1.59 bits per heavy atom. The second-order valence-electron chi connectivity index (χ2n) is 6.69. The van der Waals surface area contributed by atoms with Crippen molar-refractivity contribution in [1.82, 2.24) is 5.32 Å². The monoisotopic (exact) mass is 434 g/mol. The number of carbonyl (C=O) groups excluding carboxylic acids is 3. The molecule has 164 valence electrons. The van der Waals surface area contributed by atoms with E-state index in [0.29, 0.717) is 23.4 Å². The summed E-state index contributed by atoms with van der Waals surface area (Å²) in [5.74, 6) is -0.320. The maximum absolute atomic E-state index is 12.3. The van der Waals surface area contributed by atoms with Crippen LogP contribution >= 0.6 is 0 Å². The second-order valence-corrected chi connectivity index (χ2v) is 6.69. The van der Waals surface area contributed by atoms with Gasteiger partial charge in [0, 0.05) is 23.4 Å². The molecule has 2 amide bonds. The third kappa shape index (κ3) is 6.33. The van der Waals surface area contributed by atoms with Crippen LogP contribution in [-0.2, 0) is 11.3 Å². The molecule has 0 spiro atoms. The van der Waals surface area contributed by atoms with Gasteiger partial charge in [0.05, 0.1) is 6.61 Å². The fraction of sp³-hybridized carbons (Fsp3) is 0.125. The zero-order chi connectivity index (χ0) is 22.9. The van der Waals surface area contributed by atoms with Crippen molar-refractivity contribution in [2.45, 2.75) is 13.5 Å². The SMILES string of the molecule is CCOC(=O)Oc1ccc(C(=O)NCc2ccc(NC(=O)c3cccc(O)c3)cc2)cc1. The molecule has 3 rings (SSSR count). The van der Waals surface area contributed by atoms with Crippen molar-refractivity contribution in [1.29, 1.82) is 0 Å². The quantitative estimate of drug-likeness (QED) is 0.381. The van der Waals surface area contributed by atoms with Crippen LogP contribution in [0, 0.1) is 0 Å². The zero-order valence-electron chi connectivity index (χ0n) is 17.3. The zero-order valence-corrected chi connectivity index (χ0v) is 17.3. The predicted octanol–water partition coefficient (Wildman–Crippen LogP) is 4.11. The molecule has 32 heavy (non-hydrogen) atoms. The Labute approximate surface area is 184 Å². The summed E-state index contributed by atoms with van der Waals surface area (Å²) in [4.78, 5) is 35.9. The Bertz CT molecular complexity index is 1090. The number of benzene rings is 3. The number of carbonyl (C=O) groups is 3. The number of amides is 2. The molecule has 0 unspecified atom stereocenters. The molecule has 3 aromatic carbocycles. The largest absolute Gasteiger partial charge is 0.513 e. The number of anilines is 1. The lowest BCUT2D eigenvalue weighted by Crippen LogP contribution is -2.22. The molecular formula is C24H22N2O6. The number of phenols is 1. The van der Waals surface area contributed by atoms with Gasteiger partial charge >= 0.3 is 6.16 Å². The second kappa shape index (κ2) is 10.6. The Morgan fingerprint density at radius 1 is 0.875 bits per heavy atom. The fourth-order valence-electron chi connectivity index (χ4n) is 2.76. The summed E-state index contributed by atoms with van der Waals surface area (Å²) >= 11 is 0. The van der Waals surface area contributed by atoms with Crippen molar-refractivity contribution < 1.29 is 29.0 Å². The molecular weight excluding hydrogens is 412 g/mol. The van der Waals surface area contributed by atoms with Crippen LogP contribution < -0.4 is 15.4 Å². The first kappa shape index (κ1) is 22.4. The number of hydrogen-bond donors (Lipinski definition) is 3. The molecule has 0 aliphatic heterocycles. The minimum atomic E-state index is -0.800. The number of nitrogens with one attached hydrogen (secondary N) is 2. The highest BCUT2D eigenvalue weighted by Gasteiger charge is 2.09. The van der Waals surface area contributed by atoms with Crippen LogP contribution in [0.2, 0.25) is 0 Å². The topological polar surface area (TPSA) is 114 Å². The lowest BCUT2D eigenvalue weighted by Gasteiger charge is -2.09. The van der Waals surface area contributed by atoms with Gasteiger partial charge in [-0.3, -0.25) is 9.59 Å². The van der Waals surface area contributed by atoms with Crippen LogP contribution in [0.3, 0.4) is 0 Å². The van der Waals surface area contributed by atoms with E-state index >= 15 is 0 Å². The number of ether oxygens (including phenoxy) is 2. The first-order chi connectivity index (χ1) is 15.4. The Balaban J connectivity index is 1.50. The summed E-state index contributed by atoms with van der Waals surface area (Å²) in [6, 6.07) is 19.2. The average Bonchev–Trinajstić information content (AvgIpc) is 2.79. The summed E-state index contributed by atoms with van der Waals surface area (Å²) in [6.07, 6.45) is -0.800. The van der Waals surface area contributed by atoms with Crippen molar-refractivity contribution in [3.8, 4) is 11.5 Å². The number of phenolic OH excluding ortho intramolecular Hbond substituents is 1. The Hall–Kier alpha value is -4.33. The van der Waals surface area contributed by atoms with Crippen molar-refractivity contribution in [3.05, 3.63) is 89.5 Å². The number of hydrogen-bond acceptors (Lipinski definition) is 6. The summed E-state index contributed by atoms with van der Waals surface area (Å²) in [5.41, 5.74) is 2.19. The van der Waals surface area contributed by atoms with Crippen molar-refractivity contribution >= 4 is 23.7 Å². The van der Waals surface area contributed by atoms with Gasteiger partial charge in [-0.2, -0.15) is 0 Å². The maximum Gasteiger partial charge on any atom is 0.513 e. The van der Waals surface area contributed by atoms with E-state index in [-0.39, 0.29) is 29.9 Å². The van der Waals surface area contributed by atoms with E-state index < -0.39 is 6.16 Å². The van der Waals surface area contributed by atoms with Gasteiger partial charge < -0.3 is 25.2 Å². The highest BCUT2D eigenvalue weighted by Crippen LogP contribution is 2.16. The minimum absolute atomic E-state index is 0.0184. The van der Waals surface area contributed by atoms with Crippen molar-refractivity contribution in [2.75, 3.05) is 11.9 Å². The van der Waals surface area contributed by atoms with E-state index in [4.69, 9.17) is 9.47 Å². The Kier molecular flexibility index (Phi) is 7.42. The minimum Gasteiger partial charge on any atom is -0.508 e. The molecule has 0 atom stereocenters. The van der Waals surface area contributed by atoms with Gasteiger partial charge in [0.1, 0.15) is 11.5 Å². The molecule has 8 heteroatoms. The molecule has 0 fully saturated rings. The average molecular weight is 434 g/mol. The number of rotatable bonds is 7.